The van der Waals surface area contributed by atoms with Gasteiger partial charge >= 0.3 is 0 Å². The lowest BCUT2D eigenvalue weighted by atomic mass is 9.87. The lowest BCUT2D eigenvalue weighted by Crippen LogP contribution is -2.48. The van der Waals surface area contributed by atoms with Crippen LogP contribution in [0.2, 0.25) is 0 Å². The molecule has 2 rings (SSSR count). The number of likely N-dealkylation sites (tertiary alicyclic amines) is 1. The quantitative estimate of drug-likeness (QED) is 0.688. The molecule has 6 heteroatoms. The van der Waals surface area contributed by atoms with Gasteiger partial charge in [0.2, 0.25) is 5.91 Å². The van der Waals surface area contributed by atoms with Crippen LogP contribution in [0.25, 0.3) is 0 Å². The SMILES string of the molecule is CC(C)(C)[C@H](N)C(=O)NCc1ccc(C(=O)NCCN2CCCC2)cc1. The van der Waals surface area contributed by atoms with Crippen molar-refractivity contribution < 1.29 is 9.59 Å². The Morgan fingerprint density at radius 3 is 2.31 bits per heavy atom. The molecule has 4 N–H and O–H groups in total. The molecule has 0 aromatic heterocycles. The Balaban J connectivity index is 1.76. The highest BCUT2D eigenvalue weighted by atomic mass is 16.2. The van der Waals surface area contributed by atoms with Gasteiger partial charge in [-0.15, -0.1) is 0 Å². The molecule has 0 saturated carbocycles. The van der Waals surface area contributed by atoms with Crippen molar-refractivity contribution in [2.75, 3.05) is 26.2 Å². The summed E-state index contributed by atoms with van der Waals surface area (Å²) in [6, 6.07) is 6.74. The van der Waals surface area contributed by atoms with E-state index >= 15 is 0 Å². The second kappa shape index (κ2) is 9.14. The molecule has 0 spiro atoms. The molecule has 0 radical (unpaired) electrons. The molecule has 0 bridgehead atoms. The van der Waals surface area contributed by atoms with Gasteiger partial charge < -0.3 is 21.3 Å². The first-order chi connectivity index (χ1) is 12.3. The molecule has 6 nitrogen and oxygen atoms in total. The van der Waals surface area contributed by atoms with Crippen molar-refractivity contribution in [1.29, 1.82) is 0 Å². The van der Waals surface area contributed by atoms with Crippen molar-refractivity contribution in [3.8, 4) is 0 Å². The number of carbonyl (C=O) groups excluding carboxylic acids is 2. The topological polar surface area (TPSA) is 87.5 Å². The van der Waals surface area contributed by atoms with Gasteiger partial charge in [0.05, 0.1) is 6.04 Å². The molecule has 0 aliphatic carbocycles. The van der Waals surface area contributed by atoms with E-state index in [1.54, 1.807) is 12.1 Å². The Kier molecular flexibility index (Phi) is 7.17. The molecule has 1 fully saturated rings. The number of nitrogens with two attached hydrogens (primary N) is 1. The van der Waals surface area contributed by atoms with Gasteiger partial charge in [0, 0.05) is 25.2 Å². The Hall–Kier alpha value is -1.92. The number of nitrogens with zero attached hydrogens (tertiary/aromatic N) is 1. The van der Waals surface area contributed by atoms with E-state index in [0.717, 1.165) is 25.2 Å². The van der Waals surface area contributed by atoms with Crippen molar-refractivity contribution in [3.05, 3.63) is 35.4 Å². The lowest BCUT2D eigenvalue weighted by molar-refractivity contribution is -0.124. The van der Waals surface area contributed by atoms with Crippen LogP contribution in [-0.4, -0.2) is 48.9 Å². The van der Waals surface area contributed by atoms with Crippen LogP contribution in [0.5, 0.6) is 0 Å². The third kappa shape index (κ3) is 6.11. The molecule has 144 valence electrons. The van der Waals surface area contributed by atoms with E-state index in [9.17, 15) is 9.59 Å². The molecule has 0 unspecified atom stereocenters. The zero-order valence-electron chi connectivity index (χ0n) is 16.2. The van der Waals surface area contributed by atoms with Gasteiger partial charge in [-0.1, -0.05) is 32.9 Å². The number of hydrogen-bond donors (Lipinski definition) is 3. The van der Waals surface area contributed by atoms with Gasteiger partial charge in [0.15, 0.2) is 0 Å². The predicted molar refractivity (Wildman–Crippen MR) is 104 cm³/mol. The average Bonchev–Trinajstić information content (AvgIpc) is 3.12. The molecular formula is C20H32N4O2. The second-order valence-corrected chi connectivity index (χ2v) is 8.06. The largest absolute Gasteiger partial charge is 0.351 e. The third-order valence-electron chi connectivity index (χ3n) is 4.81. The number of hydrogen-bond acceptors (Lipinski definition) is 4. The minimum atomic E-state index is -0.553. The van der Waals surface area contributed by atoms with Crippen LogP contribution >= 0.6 is 0 Å². The summed E-state index contributed by atoms with van der Waals surface area (Å²) in [5, 5.41) is 5.81. The van der Waals surface area contributed by atoms with E-state index < -0.39 is 6.04 Å². The first-order valence-corrected chi connectivity index (χ1v) is 9.40. The maximum Gasteiger partial charge on any atom is 0.251 e. The molecular weight excluding hydrogens is 328 g/mol. The maximum absolute atomic E-state index is 12.2. The fourth-order valence-electron chi connectivity index (χ4n) is 2.90. The minimum absolute atomic E-state index is 0.0606. The Morgan fingerprint density at radius 2 is 1.73 bits per heavy atom. The summed E-state index contributed by atoms with van der Waals surface area (Å²) in [5.74, 6) is -0.226. The van der Waals surface area contributed by atoms with Crippen LogP contribution < -0.4 is 16.4 Å². The smallest absolute Gasteiger partial charge is 0.251 e. The summed E-state index contributed by atoms with van der Waals surface area (Å²) in [6.45, 7) is 10.1. The average molecular weight is 361 g/mol. The van der Waals surface area contributed by atoms with Crippen LogP contribution in [0.15, 0.2) is 24.3 Å². The van der Waals surface area contributed by atoms with Crippen molar-refractivity contribution in [1.82, 2.24) is 15.5 Å². The highest BCUT2D eigenvalue weighted by molar-refractivity contribution is 5.94. The first-order valence-electron chi connectivity index (χ1n) is 9.40. The summed E-state index contributed by atoms with van der Waals surface area (Å²) in [7, 11) is 0. The first kappa shape index (κ1) is 20.4. The highest BCUT2D eigenvalue weighted by Gasteiger charge is 2.27. The molecule has 2 amide bonds. The molecule has 1 aliphatic rings. The number of rotatable bonds is 7. The van der Waals surface area contributed by atoms with Gasteiger partial charge in [-0.05, 0) is 49.0 Å². The molecule has 1 aliphatic heterocycles. The van der Waals surface area contributed by atoms with Crippen molar-refractivity contribution >= 4 is 11.8 Å². The van der Waals surface area contributed by atoms with Gasteiger partial charge in [0.1, 0.15) is 0 Å². The van der Waals surface area contributed by atoms with E-state index in [1.165, 1.54) is 12.8 Å². The standard InChI is InChI=1S/C20H32N4O2/c1-20(2,3)17(21)19(26)23-14-15-6-8-16(9-7-15)18(25)22-10-13-24-11-4-5-12-24/h6-9,17H,4-5,10-14,21H2,1-3H3,(H,22,25)(H,23,26)/t17-/m1/s1. The summed E-state index contributed by atoms with van der Waals surface area (Å²) in [4.78, 5) is 26.6. The zero-order valence-corrected chi connectivity index (χ0v) is 16.2. The van der Waals surface area contributed by atoms with Crippen LogP contribution in [0.4, 0.5) is 0 Å². The number of carbonyl (C=O) groups is 2. The highest BCUT2D eigenvalue weighted by Crippen LogP contribution is 2.17. The van der Waals surface area contributed by atoms with Gasteiger partial charge in [-0.3, -0.25) is 9.59 Å². The maximum atomic E-state index is 12.2. The predicted octanol–water partition coefficient (Wildman–Crippen LogP) is 1.50. The minimum Gasteiger partial charge on any atom is -0.351 e. The van der Waals surface area contributed by atoms with E-state index in [0.29, 0.717) is 18.7 Å². The fourth-order valence-corrected chi connectivity index (χ4v) is 2.90. The van der Waals surface area contributed by atoms with Crippen molar-refractivity contribution in [2.45, 2.75) is 46.2 Å². The van der Waals surface area contributed by atoms with E-state index in [1.807, 2.05) is 32.9 Å². The summed E-state index contributed by atoms with van der Waals surface area (Å²) >= 11 is 0. The molecule has 1 atom stereocenters. The van der Waals surface area contributed by atoms with Crippen LogP contribution in [0.1, 0.15) is 49.5 Å². The normalized spacial score (nSPS) is 16.3. The Labute approximate surface area is 156 Å². The summed E-state index contributed by atoms with van der Waals surface area (Å²) in [5.41, 5.74) is 7.24. The third-order valence-corrected chi connectivity index (χ3v) is 4.81. The van der Waals surface area contributed by atoms with Crippen LogP contribution in [0.3, 0.4) is 0 Å². The second-order valence-electron chi connectivity index (χ2n) is 8.06. The summed E-state index contributed by atoms with van der Waals surface area (Å²) in [6.07, 6.45) is 2.51. The lowest BCUT2D eigenvalue weighted by Gasteiger charge is -2.25. The van der Waals surface area contributed by atoms with Crippen LogP contribution in [-0.2, 0) is 11.3 Å². The number of nitrogens with one attached hydrogen (secondary N) is 2. The van der Waals surface area contributed by atoms with E-state index in [2.05, 4.69) is 15.5 Å². The molecule has 1 aromatic carbocycles. The zero-order chi connectivity index (χ0) is 19.2. The molecule has 1 aromatic rings. The Morgan fingerprint density at radius 1 is 1.12 bits per heavy atom. The van der Waals surface area contributed by atoms with Gasteiger partial charge in [0.25, 0.3) is 5.91 Å². The van der Waals surface area contributed by atoms with Gasteiger partial charge in [-0.2, -0.15) is 0 Å². The molecule has 26 heavy (non-hydrogen) atoms. The molecule has 1 heterocycles. The number of benzene rings is 1. The fraction of sp³-hybridized carbons (Fsp3) is 0.600. The Bertz CT molecular complexity index is 601. The van der Waals surface area contributed by atoms with Crippen LogP contribution in [0, 0.1) is 5.41 Å². The van der Waals surface area contributed by atoms with E-state index in [4.69, 9.17) is 5.73 Å². The molecule has 1 saturated heterocycles. The van der Waals surface area contributed by atoms with Crippen molar-refractivity contribution in [3.63, 3.8) is 0 Å². The number of amides is 2. The van der Waals surface area contributed by atoms with Gasteiger partial charge in [-0.25, -0.2) is 0 Å². The summed E-state index contributed by atoms with van der Waals surface area (Å²) < 4.78 is 0. The monoisotopic (exact) mass is 360 g/mol. The van der Waals surface area contributed by atoms with E-state index in [-0.39, 0.29) is 17.2 Å². The van der Waals surface area contributed by atoms with Crippen molar-refractivity contribution in [2.24, 2.45) is 11.1 Å².